The Morgan fingerprint density at radius 2 is 2.05 bits per heavy atom. The van der Waals surface area contributed by atoms with E-state index in [1.165, 1.54) is 29.2 Å². The Hall–Kier alpha value is -3.83. The van der Waals surface area contributed by atoms with Crippen molar-refractivity contribution in [2.45, 2.75) is 44.6 Å². The number of rotatable bonds is 15. The van der Waals surface area contributed by atoms with E-state index in [0.29, 0.717) is 37.0 Å². The molecule has 1 aliphatic rings. The summed E-state index contributed by atoms with van der Waals surface area (Å²) in [5.41, 5.74) is 3.21. The fourth-order valence-electron chi connectivity index (χ4n) is 4.90. The number of aliphatic carboxylic acids is 1. The number of hydrogen-bond donors (Lipinski definition) is 3. The van der Waals surface area contributed by atoms with E-state index in [9.17, 15) is 14.3 Å². The number of halogens is 1. The summed E-state index contributed by atoms with van der Waals surface area (Å²) < 4.78 is 20.2. The molecule has 0 bridgehead atoms. The number of nitrogens with zero attached hydrogens (tertiary/aromatic N) is 4. The van der Waals surface area contributed by atoms with Crippen LogP contribution < -0.4 is 15.4 Å². The lowest BCUT2D eigenvalue weighted by molar-refractivity contribution is -0.138. The van der Waals surface area contributed by atoms with E-state index in [2.05, 4.69) is 37.6 Å². The van der Waals surface area contributed by atoms with Crippen molar-refractivity contribution in [1.82, 2.24) is 19.9 Å². The maximum atomic E-state index is 13.5. The number of benzene rings is 1. The lowest BCUT2D eigenvalue weighted by Crippen LogP contribution is -2.37. The molecule has 41 heavy (non-hydrogen) atoms. The number of carboxylic acid groups (broad SMARTS) is 1. The molecular formula is C30H35FN6O3S. The number of ether oxygens (including phenoxy) is 1. The Bertz CT molecular complexity index is 1420. The fourth-order valence-corrected chi connectivity index (χ4v) is 5.82. The number of aryl methyl sites for hydroxylation is 2. The van der Waals surface area contributed by atoms with Crippen molar-refractivity contribution in [3.8, 4) is 5.75 Å². The zero-order valence-corrected chi connectivity index (χ0v) is 23.7. The van der Waals surface area contributed by atoms with Crippen LogP contribution in [-0.2, 0) is 17.6 Å². The number of para-hydroxylation sites is 1. The molecule has 4 aromatic rings. The second-order valence-electron chi connectivity index (χ2n) is 10.1. The highest BCUT2D eigenvalue weighted by Crippen LogP contribution is 2.26. The van der Waals surface area contributed by atoms with Crippen molar-refractivity contribution in [2.75, 3.05) is 43.4 Å². The molecule has 1 aromatic carbocycles. The third kappa shape index (κ3) is 8.34. The number of pyridine rings is 2. The van der Waals surface area contributed by atoms with Gasteiger partial charge in [-0.15, -0.1) is 0 Å². The van der Waals surface area contributed by atoms with E-state index in [1.54, 1.807) is 0 Å². The smallest absolute Gasteiger partial charge is 0.326 e. The first kappa shape index (κ1) is 28.7. The van der Waals surface area contributed by atoms with Crippen LogP contribution in [0.25, 0.3) is 10.2 Å². The highest BCUT2D eigenvalue weighted by Gasteiger charge is 2.20. The minimum atomic E-state index is -0.918. The lowest BCUT2D eigenvalue weighted by Gasteiger charge is -2.24. The summed E-state index contributed by atoms with van der Waals surface area (Å²) in [6.07, 6.45) is 8.00. The second kappa shape index (κ2) is 14.2. The van der Waals surface area contributed by atoms with Gasteiger partial charge in [-0.3, -0.25) is 9.88 Å². The zero-order valence-electron chi connectivity index (χ0n) is 22.9. The van der Waals surface area contributed by atoms with Gasteiger partial charge in [-0.05, 0) is 68.8 Å². The van der Waals surface area contributed by atoms with Crippen LogP contribution in [0.15, 0.2) is 54.9 Å². The SMILES string of the molecule is O=C(O)[C@H](CCN(CCCCc1ccc2c(n1)NCCC2)CCOc1cncc(F)c1)Nc1nc2ccccc2s1. The van der Waals surface area contributed by atoms with Crippen LogP contribution in [0.1, 0.15) is 36.9 Å². The molecule has 216 valence electrons. The first-order valence-electron chi connectivity index (χ1n) is 14.1. The second-order valence-corrected chi connectivity index (χ2v) is 11.2. The molecule has 4 heterocycles. The number of unbranched alkanes of at least 4 members (excludes halogenated alkanes) is 1. The molecule has 0 unspecified atom stereocenters. The number of carboxylic acids is 1. The van der Waals surface area contributed by atoms with Crippen LogP contribution in [0.3, 0.4) is 0 Å². The number of carbonyl (C=O) groups is 1. The average Bonchev–Trinajstić information content (AvgIpc) is 3.39. The van der Waals surface area contributed by atoms with Crippen LogP contribution in [0.5, 0.6) is 5.75 Å². The Balaban J connectivity index is 1.16. The van der Waals surface area contributed by atoms with E-state index in [1.807, 2.05) is 24.3 Å². The van der Waals surface area contributed by atoms with E-state index >= 15 is 0 Å². The van der Waals surface area contributed by atoms with Gasteiger partial charge in [0, 0.05) is 31.4 Å². The standard InChI is InChI=1S/C30H35FN6O3S/c31-22-18-24(20-32-19-22)40-17-16-37(14-4-3-7-23-11-10-21-6-5-13-33-28(21)34-23)15-12-26(29(38)39)36-30-35-25-8-1-2-9-27(25)41-30/h1-2,8-11,18-20,26H,3-7,12-17H2,(H,33,34)(H,35,36)(H,38,39)/t26-/m0/s1. The number of anilines is 2. The Morgan fingerprint density at radius 1 is 1.15 bits per heavy atom. The molecule has 11 heteroatoms. The number of nitrogens with one attached hydrogen (secondary N) is 2. The summed E-state index contributed by atoms with van der Waals surface area (Å²) in [7, 11) is 0. The highest BCUT2D eigenvalue weighted by atomic mass is 32.1. The third-order valence-electron chi connectivity index (χ3n) is 7.09. The first-order valence-corrected chi connectivity index (χ1v) is 14.9. The van der Waals surface area contributed by atoms with Gasteiger partial charge in [0.15, 0.2) is 5.13 Å². The number of thiazole rings is 1. The molecule has 5 rings (SSSR count). The minimum absolute atomic E-state index is 0.340. The molecule has 1 aliphatic heterocycles. The molecule has 0 saturated carbocycles. The lowest BCUT2D eigenvalue weighted by atomic mass is 10.1. The maximum absolute atomic E-state index is 13.5. The van der Waals surface area contributed by atoms with Crippen molar-refractivity contribution in [3.05, 3.63) is 71.9 Å². The average molecular weight is 579 g/mol. The topological polar surface area (TPSA) is 112 Å². The van der Waals surface area contributed by atoms with Crippen molar-refractivity contribution in [2.24, 2.45) is 0 Å². The van der Waals surface area contributed by atoms with Crippen LogP contribution in [0, 0.1) is 5.82 Å². The van der Waals surface area contributed by atoms with Gasteiger partial charge in [0.25, 0.3) is 0 Å². The maximum Gasteiger partial charge on any atom is 0.326 e. The molecule has 9 nitrogen and oxygen atoms in total. The number of hydrogen-bond acceptors (Lipinski definition) is 9. The van der Waals surface area contributed by atoms with E-state index in [0.717, 1.165) is 73.1 Å². The summed E-state index contributed by atoms with van der Waals surface area (Å²) in [5, 5.41) is 17.0. The van der Waals surface area contributed by atoms with Gasteiger partial charge < -0.3 is 20.5 Å². The molecule has 1 atom stereocenters. The molecule has 0 radical (unpaired) electrons. The Labute approximate surface area is 242 Å². The molecule has 0 amide bonds. The first-order chi connectivity index (χ1) is 20.0. The highest BCUT2D eigenvalue weighted by molar-refractivity contribution is 7.22. The summed E-state index contributed by atoms with van der Waals surface area (Å²) in [6, 6.07) is 12.6. The molecule has 0 saturated heterocycles. The van der Waals surface area contributed by atoms with Crippen LogP contribution in [0.4, 0.5) is 15.3 Å². The quantitative estimate of drug-likeness (QED) is 0.163. The zero-order chi connectivity index (χ0) is 28.4. The fraction of sp³-hybridized carbons (Fsp3) is 0.400. The molecule has 0 fully saturated rings. The van der Waals surface area contributed by atoms with Crippen molar-refractivity contribution in [3.63, 3.8) is 0 Å². The largest absolute Gasteiger partial charge is 0.491 e. The van der Waals surface area contributed by atoms with E-state index < -0.39 is 17.8 Å². The summed E-state index contributed by atoms with van der Waals surface area (Å²) in [4.78, 5) is 27.5. The van der Waals surface area contributed by atoms with Crippen LogP contribution >= 0.6 is 11.3 Å². The molecule has 3 aromatic heterocycles. The minimum Gasteiger partial charge on any atom is -0.491 e. The Kier molecular flexibility index (Phi) is 9.92. The van der Waals surface area contributed by atoms with Gasteiger partial charge in [0.05, 0.1) is 22.6 Å². The summed E-state index contributed by atoms with van der Waals surface area (Å²) in [6.45, 7) is 3.22. The third-order valence-corrected chi connectivity index (χ3v) is 8.06. The molecule has 0 aliphatic carbocycles. The van der Waals surface area contributed by atoms with Gasteiger partial charge in [-0.25, -0.2) is 19.2 Å². The van der Waals surface area contributed by atoms with Gasteiger partial charge >= 0.3 is 5.97 Å². The van der Waals surface area contributed by atoms with E-state index in [-0.39, 0.29) is 0 Å². The van der Waals surface area contributed by atoms with Crippen molar-refractivity contribution < 1.29 is 19.0 Å². The normalized spacial score (nSPS) is 13.5. The molecule has 0 spiro atoms. The van der Waals surface area contributed by atoms with E-state index in [4.69, 9.17) is 9.72 Å². The van der Waals surface area contributed by atoms with Crippen molar-refractivity contribution in [1.29, 1.82) is 0 Å². The van der Waals surface area contributed by atoms with Crippen LogP contribution in [0.2, 0.25) is 0 Å². The van der Waals surface area contributed by atoms with Gasteiger partial charge in [-0.1, -0.05) is 29.5 Å². The predicted molar refractivity (Wildman–Crippen MR) is 159 cm³/mol. The van der Waals surface area contributed by atoms with Gasteiger partial charge in [0.2, 0.25) is 0 Å². The molecular weight excluding hydrogens is 543 g/mol. The summed E-state index contributed by atoms with van der Waals surface area (Å²) >= 11 is 1.45. The van der Waals surface area contributed by atoms with Crippen molar-refractivity contribution >= 4 is 38.5 Å². The number of fused-ring (bicyclic) bond motifs is 2. The van der Waals surface area contributed by atoms with Crippen LogP contribution in [-0.4, -0.2) is 69.8 Å². The monoisotopic (exact) mass is 578 g/mol. The van der Waals surface area contributed by atoms with Gasteiger partial charge in [-0.2, -0.15) is 0 Å². The summed E-state index contributed by atoms with van der Waals surface area (Å²) in [5.74, 6) is 0.0200. The Morgan fingerprint density at radius 3 is 2.90 bits per heavy atom. The molecule has 3 N–H and O–H groups in total. The number of aromatic nitrogens is 3. The predicted octanol–water partition coefficient (Wildman–Crippen LogP) is 5.24. The van der Waals surface area contributed by atoms with Gasteiger partial charge in [0.1, 0.15) is 30.0 Å².